The highest BCUT2D eigenvalue weighted by atomic mass is 79.9. The minimum absolute atomic E-state index is 0.0553. The molecular weight excluding hydrogens is 355 g/mol. The summed E-state index contributed by atoms with van der Waals surface area (Å²) >= 11 is 9.74. The zero-order valence-corrected chi connectivity index (χ0v) is 14.8. The van der Waals surface area contributed by atoms with E-state index in [0.717, 1.165) is 39.8 Å². The Labute approximate surface area is 138 Å². The van der Waals surface area contributed by atoms with Gasteiger partial charge < -0.3 is 0 Å². The Kier molecular flexibility index (Phi) is 5.44. The zero-order chi connectivity index (χ0) is 15.6. The molecule has 1 unspecified atom stereocenters. The molecule has 0 N–H and O–H groups in total. The summed E-state index contributed by atoms with van der Waals surface area (Å²) in [6.07, 6.45) is 1.73. The van der Waals surface area contributed by atoms with Crippen LogP contribution in [0.25, 0.3) is 0 Å². The molecule has 0 aliphatic heterocycles. The average Bonchev–Trinajstić information content (AvgIpc) is 2.79. The number of rotatable bonds is 5. The number of aromatic nitrogens is 2. The molecule has 0 saturated heterocycles. The molecule has 2 rings (SSSR count). The molecule has 0 spiro atoms. The molecule has 5 heteroatoms. The zero-order valence-electron chi connectivity index (χ0n) is 12.5. The van der Waals surface area contributed by atoms with Crippen LogP contribution in [0.3, 0.4) is 0 Å². The van der Waals surface area contributed by atoms with Crippen LogP contribution in [0.1, 0.15) is 48.7 Å². The monoisotopic (exact) mass is 372 g/mol. The molecule has 0 saturated carbocycles. The smallest absolute Gasteiger partial charge is 0.124 e. The lowest BCUT2D eigenvalue weighted by Crippen LogP contribution is -2.07. The number of aryl methyl sites for hydroxylation is 1. The van der Waals surface area contributed by atoms with Crippen LogP contribution in [0.15, 0.2) is 22.7 Å². The first-order valence-electron chi connectivity index (χ1n) is 7.14. The standard InChI is InChI=1S/C16H19BrClFN2/c1-4-14-16(10(3)18)15(5-2)21(20-14)9-11-6-7-12(19)8-13(11)17/h6-8,10H,4-5,9H2,1-3H3. The lowest BCUT2D eigenvalue weighted by Gasteiger charge is -2.10. The number of halogens is 3. The van der Waals surface area contributed by atoms with E-state index in [0.29, 0.717) is 6.54 Å². The molecule has 0 amide bonds. The first kappa shape index (κ1) is 16.5. The molecule has 0 fully saturated rings. The minimum Gasteiger partial charge on any atom is -0.265 e. The quantitative estimate of drug-likeness (QED) is 0.654. The highest BCUT2D eigenvalue weighted by molar-refractivity contribution is 9.10. The van der Waals surface area contributed by atoms with Gasteiger partial charge in [-0.1, -0.05) is 35.8 Å². The van der Waals surface area contributed by atoms with Crippen molar-refractivity contribution in [3.63, 3.8) is 0 Å². The average molecular weight is 374 g/mol. The molecule has 114 valence electrons. The Balaban J connectivity index is 2.44. The lowest BCUT2D eigenvalue weighted by atomic mass is 10.1. The molecule has 0 aliphatic rings. The van der Waals surface area contributed by atoms with Crippen molar-refractivity contribution in [1.29, 1.82) is 0 Å². The third-order valence-corrected chi connectivity index (χ3v) is 4.53. The summed E-state index contributed by atoms with van der Waals surface area (Å²) < 4.78 is 15.9. The number of nitrogens with zero attached hydrogens (tertiary/aromatic N) is 2. The largest absolute Gasteiger partial charge is 0.265 e. The fourth-order valence-electron chi connectivity index (χ4n) is 2.60. The van der Waals surface area contributed by atoms with E-state index in [4.69, 9.17) is 16.7 Å². The van der Waals surface area contributed by atoms with E-state index in [2.05, 4.69) is 29.8 Å². The second-order valence-corrected chi connectivity index (χ2v) is 6.53. The Hall–Kier alpha value is -0.870. The minimum atomic E-state index is -0.244. The molecular formula is C16H19BrClFN2. The highest BCUT2D eigenvalue weighted by Gasteiger charge is 2.19. The summed E-state index contributed by atoms with van der Waals surface area (Å²) in [5.74, 6) is -0.244. The van der Waals surface area contributed by atoms with Gasteiger partial charge in [-0.3, -0.25) is 4.68 Å². The molecule has 0 aliphatic carbocycles. The van der Waals surface area contributed by atoms with Crippen molar-refractivity contribution in [1.82, 2.24) is 9.78 Å². The van der Waals surface area contributed by atoms with Crippen LogP contribution in [0.4, 0.5) is 4.39 Å². The van der Waals surface area contributed by atoms with E-state index < -0.39 is 0 Å². The molecule has 21 heavy (non-hydrogen) atoms. The van der Waals surface area contributed by atoms with Gasteiger partial charge in [-0.05, 0) is 37.5 Å². The van der Waals surface area contributed by atoms with Crippen molar-refractivity contribution in [2.24, 2.45) is 0 Å². The van der Waals surface area contributed by atoms with Crippen molar-refractivity contribution in [3.05, 3.63) is 51.0 Å². The van der Waals surface area contributed by atoms with Crippen molar-refractivity contribution >= 4 is 27.5 Å². The SMILES string of the molecule is CCc1nn(Cc2ccc(F)cc2Br)c(CC)c1C(C)Cl. The Morgan fingerprint density at radius 1 is 1.33 bits per heavy atom. The molecule has 0 radical (unpaired) electrons. The third-order valence-electron chi connectivity index (χ3n) is 3.58. The molecule has 2 aromatic rings. The van der Waals surface area contributed by atoms with Crippen molar-refractivity contribution in [2.45, 2.75) is 45.5 Å². The second-order valence-electron chi connectivity index (χ2n) is 5.02. The van der Waals surface area contributed by atoms with Gasteiger partial charge in [0.2, 0.25) is 0 Å². The maximum absolute atomic E-state index is 13.2. The molecule has 1 aromatic heterocycles. The maximum atomic E-state index is 13.2. The van der Waals surface area contributed by atoms with Crippen LogP contribution in [0.5, 0.6) is 0 Å². The van der Waals surface area contributed by atoms with Gasteiger partial charge in [0, 0.05) is 15.7 Å². The molecule has 0 bridgehead atoms. The van der Waals surface area contributed by atoms with Crippen LogP contribution in [-0.2, 0) is 19.4 Å². The molecule has 1 aromatic carbocycles. The molecule has 2 nitrogen and oxygen atoms in total. The molecule has 1 heterocycles. The van der Waals surface area contributed by atoms with Crippen LogP contribution >= 0.6 is 27.5 Å². The Bertz CT molecular complexity index is 637. The topological polar surface area (TPSA) is 17.8 Å². The maximum Gasteiger partial charge on any atom is 0.124 e. The van der Waals surface area contributed by atoms with Crippen LogP contribution < -0.4 is 0 Å². The predicted octanol–water partition coefficient (Wildman–Crippen LogP) is 5.26. The van der Waals surface area contributed by atoms with Gasteiger partial charge in [0.25, 0.3) is 0 Å². The van der Waals surface area contributed by atoms with Crippen LogP contribution in [0, 0.1) is 5.82 Å². The van der Waals surface area contributed by atoms with Crippen molar-refractivity contribution in [3.8, 4) is 0 Å². The van der Waals surface area contributed by atoms with Crippen LogP contribution in [0.2, 0.25) is 0 Å². The van der Waals surface area contributed by atoms with Gasteiger partial charge in [0.15, 0.2) is 0 Å². The van der Waals surface area contributed by atoms with E-state index in [9.17, 15) is 4.39 Å². The van der Waals surface area contributed by atoms with E-state index in [1.807, 2.05) is 11.6 Å². The fraction of sp³-hybridized carbons (Fsp3) is 0.438. The number of hydrogen-bond acceptors (Lipinski definition) is 1. The van der Waals surface area contributed by atoms with Crippen LogP contribution in [-0.4, -0.2) is 9.78 Å². The van der Waals surface area contributed by atoms with Gasteiger partial charge in [-0.25, -0.2) is 4.39 Å². The molecule has 1 atom stereocenters. The van der Waals surface area contributed by atoms with Crippen molar-refractivity contribution < 1.29 is 4.39 Å². The highest BCUT2D eigenvalue weighted by Crippen LogP contribution is 2.29. The third kappa shape index (κ3) is 3.49. The second kappa shape index (κ2) is 6.93. The van der Waals surface area contributed by atoms with Gasteiger partial charge in [-0.2, -0.15) is 5.10 Å². The number of alkyl halides is 1. The summed E-state index contributed by atoms with van der Waals surface area (Å²) in [6, 6.07) is 4.74. The number of benzene rings is 1. The first-order chi connectivity index (χ1) is 9.97. The fourth-order valence-corrected chi connectivity index (χ4v) is 3.33. The lowest BCUT2D eigenvalue weighted by molar-refractivity contribution is 0.617. The Morgan fingerprint density at radius 2 is 2.05 bits per heavy atom. The van der Waals surface area contributed by atoms with Crippen molar-refractivity contribution in [2.75, 3.05) is 0 Å². The van der Waals surface area contributed by atoms with Gasteiger partial charge >= 0.3 is 0 Å². The summed E-state index contributed by atoms with van der Waals surface area (Å²) in [5, 5.41) is 4.64. The van der Waals surface area contributed by atoms with E-state index >= 15 is 0 Å². The summed E-state index contributed by atoms with van der Waals surface area (Å²) in [6.45, 7) is 6.79. The summed E-state index contributed by atoms with van der Waals surface area (Å²) in [4.78, 5) is 0. The van der Waals surface area contributed by atoms with E-state index in [1.165, 1.54) is 12.1 Å². The Morgan fingerprint density at radius 3 is 2.57 bits per heavy atom. The normalized spacial score (nSPS) is 12.7. The predicted molar refractivity (Wildman–Crippen MR) is 88.5 cm³/mol. The van der Waals surface area contributed by atoms with Gasteiger partial charge in [-0.15, -0.1) is 11.6 Å². The van der Waals surface area contributed by atoms with E-state index in [1.54, 1.807) is 6.07 Å². The number of hydrogen-bond donors (Lipinski definition) is 0. The van der Waals surface area contributed by atoms with Gasteiger partial charge in [0.1, 0.15) is 5.82 Å². The van der Waals surface area contributed by atoms with E-state index in [-0.39, 0.29) is 11.2 Å². The summed E-state index contributed by atoms with van der Waals surface area (Å²) in [5.41, 5.74) is 4.35. The first-order valence-corrected chi connectivity index (χ1v) is 8.37. The summed E-state index contributed by atoms with van der Waals surface area (Å²) in [7, 11) is 0. The van der Waals surface area contributed by atoms with Gasteiger partial charge in [0.05, 0.1) is 17.6 Å².